The third-order valence-corrected chi connectivity index (χ3v) is 5.85. The SMILES string of the molecule is CC1=Cc2c(C)ccc([Si](C)(C)C)c2C1C. The first-order chi connectivity index (χ1) is 7.32. The second-order valence-corrected chi connectivity index (χ2v) is 11.2. The van der Waals surface area contributed by atoms with Crippen LogP contribution in [-0.4, -0.2) is 8.07 Å². The number of fused-ring (bicyclic) bond motifs is 1. The molecule has 2 rings (SSSR count). The quantitative estimate of drug-likeness (QED) is 0.638. The van der Waals surface area contributed by atoms with E-state index in [9.17, 15) is 0 Å². The summed E-state index contributed by atoms with van der Waals surface area (Å²) >= 11 is 0. The molecule has 1 aliphatic rings. The lowest BCUT2D eigenvalue weighted by atomic mass is 9.97. The van der Waals surface area contributed by atoms with Crippen molar-refractivity contribution in [3.8, 4) is 0 Å². The van der Waals surface area contributed by atoms with Crippen LogP contribution in [0.1, 0.15) is 36.5 Å². The van der Waals surface area contributed by atoms with Crippen LogP contribution in [0.5, 0.6) is 0 Å². The molecule has 0 saturated heterocycles. The van der Waals surface area contributed by atoms with Crippen molar-refractivity contribution in [2.24, 2.45) is 0 Å². The van der Waals surface area contributed by atoms with Gasteiger partial charge in [0.05, 0.1) is 8.07 Å². The first kappa shape index (κ1) is 11.7. The van der Waals surface area contributed by atoms with Crippen molar-refractivity contribution in [1.29, 1.82) is 0 Å². The Hall–Kier alpha value is -0.823. The van der Waals surface area contributed by atoms with Crippen LogP contribution in [-0.2, 0) is 0 Å². The van der Waals surface area contributed by atoms with E-state index in [2.05, 4.69) is 58.6 Å². The van der Waals surface area contributed by atoms with Gasteiger partial charge in [-0.25, -0.2) is 0 Å². The number of allylic oxidation sites excluding steroid dienone is 1. The van der Waals surface area contributed by atoms with Gasteiger partial charge in [0, 0.05) is 5.92 Å². The maximum atomic E-state index is 2.44. The molecular formula is C15H22Si. The fourth-order valence-corrected chi connectivity index (χ4v) is 4.38. The number of benzene rings is 1. The molecule has 1 heteroatoms. The van der Waals surface area contributed by atoms with Gasteiger partial charge in [0.1, 0.15) is 0 Å². The topological polar surface area (TPSA) is 0 Å². The average Bonchev–Trinajstić information content (AvgIpc) is 2.44. The molecule has 0 spiro atoms. The molecule has 0 nitrogen and oxygen atoms in total. The van der Waals surface area contributed by atoms with Crippen LogP contribution in [0.4, 0.5) is 0 Å². The molecular weight excluding hydrogens is 208 g/mol. The van der Waals surface area contributed by atoms with Crippen LogP contribution in [0.2, 0.25) is 19.6 Å². The molecule has 0 heterocycles. The molecule has 0 bridgehead atoms. The first-order valence-corrected chi connectivity index (χ1v) is 9.64. The molecule has 0 amide bonds. The number of aryl methyl sites for hydroxylation is 1. The maximum absolute atomic E-state index is 2.44. The van der Waals surface area contributed by atoms with Gasteiger partial charge in [-0.15, -0.1) is 0 Å². The van der Waals surface area contributed by atoms with E-state index in [0.29, 0.717) is 5.92 Å². The van der Waals surface area contributed by atoms with Gasteiger partial charge in [-0.2, -0.15) is 0 Å². The van der Waals surface area contributed by atoms with Gasteiger partial charge >= 0.3 is 0 Å². The summed E-state index contributed by atoms with van der Waals surface area (Å²) in [5, 5.41) is 1.65. The third-order valence-electron chi connectivity index (χ3n) is 3.80. The molecule has 1 aliphatic carbocycles. The van der Waals surface area contributed by atoms with E-state index in [1.54, 1.807) is 10.8 Å². The lowest BCUT2D eigenvalue weighted by Crippen LogP contribution is -2.40. The van der Waals surface area contributed by atoms with Crippen LogP contribution in [0.25, 0.3) is 6.08 Å². The van der Waals surface area contributed by atoms with Crippen molar-refractivity contribution >= 4 is 19.3 Å². The molecule has 1 unspecified atom stereocenters. The molecule has 0 fully saturated rings. The minimum absolute atomic E-state index is 0.622. The van der Waals surface area contributed by atoms with Gasteiger partial charge in [0.25, 0.3) is 0 Å². The summed E-state index contributed by atoms with van der Waals surface area (Å²) < 4.78 is 0. The summed E-state index contributed by atoms with van der Waals surface area (Å²) in [6.45, 7) is 14.2. The Labute approximate surface area is 100 Å². The van der Waals surface area contributed by atoms with E-state index in [0.717, 1.165) is 0 Å². The fourth-order valence-electron chi connectivity index (χ4n) is 2.64. The molecule has 16 heavy (non-hydrogen) atoms. The van der Waals surface area contributed by atoms with Crippen molar-refractivity contribution in [3.05, 3.63) is 34.4 Å². The van der Waals surface area contributed by atoms with E-state index < -0.39 is 8.07 Å². The Morgan fingerprint density at radius 2 is 1.69 bits per heavy atom. The second-order valence-electron chi connectivity index (χ2n) is 6.12. The maximum Gasteiger partial charge on any atom is 0.0780 e. The fraction of sp³-hybridized carbons (Fsp3) is 0.467. The molecule has 1 aromatic rings. The molecule has 0 radical (unpaired) electrons. The Morgan fingerprint density at radius 3 is 2.25 bits per heavy atom. The highest BCUT2D eigenvalue weighted by atomic mass is 28.3. The van der Waals surface area contributed by atoms with Crippen LogP contribution in [0.3, 0.4) is 0 Å². The van der Waals surface area contributed by atoms with E-state index >= 15 is 0 Å². The first-order valence-electron chi connectivity index (χ1n) is 6.14. The van der Waals surface area contributed by atoms with Gasteiger partial charge in [-0.05, 0) is 30.5 Å². The monoisotopic (exact) mass is 230 g/mol. The highest BCUT2D eigenvalue weighted by Crippen LogP contribution is 2.36. The lowest BCUT2D eigenvalue weighted by Gasteiger charge is -2.24. The Bertz CT molecular complexity index is 461. The highest BCUT2D eigenvalue weighted by molar-refractivity contribution is 6.89. The standard InChI is InChI=1S/C15H22Si/c1-10-7-8-14(16(4,5)6)15-12(3)11(2)9-13(10)15/h7-9,12H,1-6H3. The van der Waals surface area contributed by atoms with Gasteiger partial charge in [0.15, 0.2) is 0 Å². The summed E-state index contributed by atoms with van der Waals surface area (Å²) in [5.74, 6) is 0.622. The van der Waals surface area contributed by atoms with Crippen LogP contribution >= 0.6 is 0 Å². The van der Waals surface area contributed by atoms with Crippen LogP contribution < -0.4 is 5.19 Å². The van der Waals surface area contributed by atoms with Gasteiger partial charge in [0.2, 0.25) is 0 Å². The predicted octanol–water partition coefficient (Wildman–Crippen LogP) is 4.06. The largest absolute Gasteiger partial charge is 0.0780 e. The lowest BCUT2D eigenvalue weighted by molar-refractivity contribution is 0.926. The Balaban J connectivity index is 2.70. The zero-order valence-corrected chi connectivity index (χ0v) is 12.3. The summed E-state index contributed by atoms with van der Waals surface area (Å²) in [4.78, 5) is 0. The van der Waals surface area contributed by atoms with Gasteiger partial charge < -0.3 is 0 Å². The smallest absolute Gasteiger partial charge is 0.0656 e. The number of hydrogen-bond donors (Lipinski definition) is 0. The van der Waals surface area contributed by atoms with Crippen molar-refractivity contribution in [2.75, 3.05) is 0 Å². The molecule has 0 aromatic heterocycles. The van der Waals surface area contributed by atoms with Crippen molar-refractivity contribution < 1.29 is 0 Å². The van der Waals surface area contributed by atoms with E-state index in [-0.39, 0.29) is 0 Å². The van der Waals surface area contributed by atoms with E-state index in [1.165, 1.54) is 16.7 Å². The Kier molecular flexibility index (Phi) is 2.62. The molecule has 0 saturated carbocycles. The minimum Gasteiger partial charge on any atom is -0.0656 e. The van der Waals surface area contributed by atoms with Gasteiger partial charge in [-0.3, -0.25) is 0 Å². The zero-order chi connectivity index (χ0) is 12.1. The number of rotatable bonds is 1. The third kappa shape index (κ3) is 1.67. The molecule has 86 valence electrons. The zero-order valence-electron chi connectivity index (χ0n) is 11.3. The van der Waals surface area contributed by atoms with Gasteiger partial charge in [-0.1, -0.05) is 55.5 Å². The summed E-state index contributed by atoms with van der Waals surface area (Å²) in [7, 11) is -1.22. The molecule has 1 atom stereocenters. The van der Waals surface area contributed by atoms with E-state index in [1.807, 2.05) is 0 Å². The highest BCUT2D eigenvalue weighted by Gasteiger charge is 2.28. The van der Waals surface area contributed by atoms with Crippen LogP contribution in [0, 0.1) is 6.92 Å². The second kappa shape index (κ2) is 3.59. The molecule has 0 N–H and O–H groups in total. The normalized spacial score (nSPS) is 19.6. The molecule has 0 aliphatic heterocycles. The molecule has 1 aromatic carbocycles. The average molecular weight is 230 g/mol. The number of hydrogen-bond acceptors (Lipinski definition) is 0. The van der Waals surface area contributed by atoms with Crippen molar-refractivity contribution in [2.45, 2.75) is 46.3 Å². The van der Waals surface area contributed by atoms with Crippen LogP contribution in [0.15, 0.2) is 17.7 Å². The van der Waals surface area contributed by atoms with Crippen molar-refractivity contribution in [3.63, 3.8) is 0 Å². The minimum atomic E-state index is -1.22. The van der Waals surface area contributed by atoms with E-state index in [4.69, 9.17) is 0 Å². The Morgan fingerprint density at radius 1 is 1.06 bits per heavy atom. The van der Waals surface area contributed by atoms with Crippen molar-refractivity contribution in [1.82, 2.24) is 0 Å². The summed E-state index contributed by atoms with van der Waals surface area (Å²) in [6.07, 6.45) is 2.39. The predicted molar refractivity (Wildman–Crippen MR) is 76.2 cm³/mol. The summed E-state index contributed by atoms with van der Waals surface area (Å²) in [6, 6.07) is 4.68. The summed E-state index contributed by atoms with van der Waals surface area (Å²) in [5.41, 5.74) is 6.08.